The van der Waals surface area contributed by atoms with Crippen LogP contribution in [-0.2, 0) is 11.2 Å². The number of guanidine groups is 1. The molecule has 0 bridgehead atoms. The molecule has 8 nitrogen and oxygen atoms in total. The van der Waals surface area contributed by atoms with Crippen LogP contribution in [0, 0.1) is 5.82 Å². The number of nitrogens with one attached hydrogen (secondary N) is 2. The molecule has 2 N–H and O–H groups in total. The number of fused-ring (bicyclic) bond motifs is 1. The van der Waals surface area contributed by atoms with Crippen LogP contribution in [0.25, 0.3) is 0 Å². The second-order valence-corrected chi connectivity index (χ2v) is 7.42. The average molecular weight is 422 g/mol. The van der Waals surface area contributed by atoms with Gasteiger partial charge in [-0.05, 0) is 36.1 Å². The van der Waals surface area contributed by atoms with Crippen molar-refractivity contribution in [2.75, 3.05) is 13.6 Å². The first-order chi connectivity index (χ1) is 15.0. The van der Waals surface area contributed by atoms with Gasteiger partial charge < -0.3 is 9.80 Å². The van der Waals surface area contributed by atoms with E-state index in [9.17, 15) is 14.0 Å². The number of halogens is 1. The van der Waals surface area contributed by atoms with E-state index in [1.165, 1.54) is 22.6 Å². The van der Waals surface area contributed by atoms with Crippen molar-refractivity contribution in [1.29, 1.82) is 0 Å². The number of aliphatic imine (C=N–C) groups is 1. The van der Waals surface area contributed by atoms with Crippen LogP contribution in [0.15, 0.2) is 64.7 Å². The molecule has 0 saturated carbocycles. The highest BCUT2D eigenvalue weighted by Gasteiger charge is 2.48. The molecule has 9 heteroatoms. The van der Waals surface area contributed by atoms with Gasteiger partial charge in [-0.3, -0.25) is 10.1 Å². The molecule has 4 rings (SSSR count). The van der Waals surface area contributed by atoms with Crippen molar-refractivity contribution < 1.29 is 14.0 Å². The molecule has 1 saturated heterocycles. The Hall–Kier alpha value is -3.75. The summed E-state index contributed by atoms with van der Waals surface area (Å²) in [6, 6.07) is 14.9. The normalized spacial score (nSPS) is 20.6. The summed E-state index contributed by atoms with van der Waals surface area (Å²) in [5.41, 5.74) is 4.81. The number of carbonyl (C=O) groups is 2. The summed E-state index contributed by atoms with van der Waals surface area (Å²) in [5, 5.41) is 6.57. The van der Waals surface area contributed by atoms with Gasteiger partial charge in [-0.15, -0.1) is 0 Å². The predicted octanol–water partition coefficient (Wildman–Crippen LogP) is 1.93. The van der Waals surface area contributed by atoms with E-state index in [-0.39, 0.29) is 11.7 Å². The first-order valence-corrected chi connectivity index (χ1v) is 10.0. The maximum absolute atomic E-state index is 13.1. The summed E-state index contributed by atoms with van der Waals surface area (Å²) in [4.78, 5) is 32.4. The number of hydrazone groups is 1. The molecule has 3 amide bonds. The van der Waals surface area contributed by atoms with E-state index in [4.69, 9.17) is 0 Å². The highest BCUT2D eigenvalue weighted by molar-refractivity contribution is 6.03. The molecule has 2 atom stereocenters. The molecule has 160 valence electrons. The van der Waals surface area contributed by atoms with Crippen LogP contribution in [-0.4, -0.2) is 59.7 Å². The third-order valence-electron chi connectivity index (χ3n) is 5.32. The zero-order chi connectivity index (χ0) is 21.8. The van der Waals surface area contributed by atoms with E-state index >= 15 is 0 Å². The van der Waals surface area contributed by atoms with Gasteiger partial charge in [0.25, 0.3) is 5.91 Å². The Morgan fingerprint density at radius 2 is 1.90 bits per heavy atom. The second-order valence-electron chi connectivity index (χ2n) is 7.42. The summed E-state index contributed by atoms with van der Waals surface area (Å²) in [7, 11) is 1.61. The molecule has 2 aliphatic heterocycles. The molecule has 2 heterocycles. The fourth-order valence-electron chi connectivity index (χ4n) is 3.68. The average Bonchev–Trinajstić information content (AvgIpc) is 3.13. The Morgan fingerprint density at radius 1 is 1.16 bits per heavy atom. The van der Waals surface area contributed by atoms with E-state index in [1.807, 2.05) is 23.1 Å². The number of hydrogen-bond acceptors (Lipinski definition) is 6. The monoisotopic (exact) mass is 422 g/mol. The van der Waals surface area contributed by atoms with Crippen molar-refractivity contribution >= 4 is 24.1 Å². The number of rotatable bonds is 6. The number of urea groups is 1. The topological polar surface area (TPSA) is 89.4 Å². The number of benzene rings is 2. The molecular formula is C22H23FN6O2. The Kier molecular flexibility index (Phi) is 5.92. The zero-order valence-electron chi connectivity index (χ0n) is 17.0. The molecular weight excluding hydrogens is 399 g/mol. The summed E-state index contributed by atoms with van der Waals surface area (Å²) < 4.78 is 13.1. The van der Waals surface area contributed by atoms with Crippen molar-refractivity contribution in [2.24, 2.45) is 10.1 Å². The lowest BCUT2D eigenvalue weighted by molar-refractivity contribution is -0.127. The van der Waals surface area contributed by atoms with Gasteiger partial charge in [0.1, 0.15) is 5.82 Å². The predicted molar refractivity (Wildman–Crippen MR) is 115 cm³/mol. The van der Waals surface area contributed by atoms with Gasteiger partial charge in [0.15, 0.2) is 12.2 Å². The number of amides is 3. The SMILES string of the molecule is CN1C(=O)NC(=O)C2C1N=C(N/N=C/c1ccc(F)cc1)N2CCCc1ccccc1. The Bertz CT molecular complexity index is 1010. The van der Waals surface area contributed by atoms with Crippen LogP contribution in [0.3, 0.4) is 0 Å². The minimum atomic E-state index is -0.624. The van der Waals surface area contributed by atoms with Crippen LogP contribution in [0.2, 0.25) is 0 Å². The van der Waals surface area contributed by atoms with Gasteiger partial charge >= 0.3 is 6.03 Å². The van der Waals surface area contributed by atoms with Gasteiger partial charge in [-0.1, -0.05) is 42.5 Å². The van der Waals surface area contributed by atoms with E-state index in [1.54, 1.807) is 25.4 Å². The van der Waals surface area contributed by atoms with E-state index in [0.717, 1.165) is 12.8 Å². The maximum Gasteiger partial charge on any atom is 0.325 e. The van der Waals surface area contributed by atoms with Gasteiger partial charge in [0.2, 0.25) is 5.96 Å². The van der Waals surface area contributed by atoms with Crippen molar-refractivity contribution in [3.05, 3.63) is 71.5 Å². The lowest BCUT2D eigenvalue weighted by atomic mass is 10.1. The Labute approximate surface area is 179 Å². The third-order valence-corrected chi connectivity index (χ3v) is 5.32. The Balaban J connectivity index is 1.48. The summed E-state index contributed by atoms with van der Waals surface area (Å²) >= 11 is 0. The van der Waals surface area contributed by atoms with E-state index in [2.05, 4.69) is 33.0 Å². The van der Waals surface area contributed by atoms with Crippen LogP contribution in [0.4, 0.5) is 9.18 Å². The molecule has 31 heavy (non-hydrogen) atoms. The molecule has 1 fully saturated rings. The molecule has 0 aliphatic carbocycles. The van der Waals surface area contributed by atoms with Crippen LogP contribution in [0.1, 0.15) is 17.5 Å². The fraction of sp³-hybridized carbons (Fsp3) is 0.273. The van der Waals surface area contributed by atoms with Gasteiger partial charge in [-0.2, -0.15) is 5.10 Å². The number of imide groups is 1. The van der Waals surface area contributed by atoms with Crippen LogP contribution in [0.5, 0.6) is 0 Å². The van der Waals surface area contributed by atoms with E-state index < -0.39 is 18.2 Å². The molecule has 0 radical (unpaired) electrons. The summed E-state index contributed by atoms with van der Waals surface area (Å²) in [6.07, 6.45) is 2.56. The minimum absolute atomic E-state index is 0.322. The number of carbonyl (C=O) groups excluding carboxylic acids is 2. The quantitative estimate of drug-likeness (QED) is 0.550. The van der Waals surface area contributed by atoms with Gasteiger partial charge in [-0.25, -0.2) is 19.6 Å². The summed E-state index contributed by atoms with van der Waals surface area (Å²) in [6.45, 7) is 0.559. The molecule has 0 aromatic heterocycles. The van der Waals surface area contributed by atoms with Crippen LogP contribution >= 0.6 is 0 Å². The maximum atomic E-state index is 13.1. The van der Waals surface area contributed by atoms with Crippen LogP contribution < -0.4 is 10.7 Å². The zero-order valence-corrected chi connectivity index (χ0v) is 17.0. The summed E-state index contributed by atoms with van der Waals surface area (Å²) in [5.74, 6) is -0.286. The molecule has 2 aromatic rings. The number of hydrogen-bond donors (Lipinski definition) is 2. The Morgan fingerprint density at radius 3 is 2.65 bits per heavy atom. The standard InChI is InChI=1S/C22H23FN6O2/c1-28-19-18(20(30)26-22(28)31)29(13-5-8-15-6-3-2-4-7-15)21(25-19)27-24-14-16-9-11-17(23)12-10-16/h2-4,6-7,9-12,14,18-19H,5,8,13H2,1H3,(H,25,27)(H,26,30,31)/b24-14+. The highest BCUT2D eigenvalue weighted by atomic mass is 19.1. The van der Waals surface area contributed by atoms with E-state index in [0.29, 0.717) is 18.1 Å². The van der Waals surface area contributed by atoms with Gasteiger partial charge in [0.05, 0.1) is 6.21 Å². The van der Waals surface area contributed by atoms with Crippen molar-refractivity contribution in [3.63, 3.8) is 0 Å². The lowest BCUT2D eigenvalue weighted by Crippen LogP contribution is -2.64. The third kappa shape index (κ3) is 4.55. The minimum Gasteiger partial charge on any atom is -0.326 e. The highest BCUT2D eigenvalue weighted by Crippen LogP contribution is 2.23. The molecule has 2 unspecified atom stereocenters. The number of aryl methyl sites for hydroxylation is 1. The first-order valence-electron chi connectivity index (χ1n) is 10.0. The lowest BCUT2D eigenvalue weighted by Gasteiger charge is -2.36. The molecule has 2 aliphatic rings. The number of nitrogens with zero attached hydrogens (tertiary/aromatic N) is 4. The van der Waals surface area contributed by atoms with Gasteiger partial charge in [0, 0.05) is 13.6 Å². The largest absolute Gasteiger partial charge is 0.326 e. The fourth-order valence-corrected chi connectivity index (χ4v) is 3.68. The number of likely N-dealkylation sites (N-methyl/N-ethyl adjacent to an activating group) is 1. The molecule has 0 spiro atoms. The first kappa shape index (κ1) is 20.5. The van der Waals surface area contributed by atoms with Crippen molar-refractivity contribution in [3.8, 4) is 0 Å². The van der Waals surface area contributed by atoms with Crippen molar-refractivity contribution in [2.45, 2.75) is 25.0 Å². The van der Waals surface area contributed by atoms with Crippen molar-refractivity contribution in [1.82, 2.24) is 20.5 Å². The smallest absolute Gasteiger partial charge is 0.325 e. The molecule has 2 aromatic carbocycles. The second kappa shape index (κ2) is 8.95.